The van der Waals surface area contributed by atoms with E-state index in [0.29, 0.717) is 16.8 Å². The van der Waals surface area contributed by atoms with E-state index in [1.54, 1.807) is 30.3 Å². The minimum atomic E-state index is -3.09. The molecule has 1 aliphatic rings. The van der Waals surface area contributed by atoms with Gasteiger partial charge in [0.1, 0.15) is 5.69 Å². The van der Waals surface area contributed by atoms with Crippen molar-refractivity contribution < 1.29 is 18.3 Å². The summed E-state index contributed by atoms with van der Waals surface area (Å²) >= 11 is 0. The van der Waals surface area contributed by atoms with Gasteiger partial charge in [0, 0.05) is 24.4 Å². The van der Waals surface area contributed by atoms with Gasteiger partial charge in [-0.2, -0.15) is 15.0 Å². The summed E-state index contributed by atoms with van der Waals surface area (Å²) in [7, 11) is 0. The average Bonchev–Trinajstić information content (AvgIpc) is 3.34. The fourth-order valence-electron chi connectivity index (χ4n) is 4.04. The van der Waals surface area contributed by atoms with E-state index in [0.717, 1.165) is 10.9 Å². The molecule has 7 nitrogen and oxygen atoms in total. The first-order valence-electron chi connectivity index (χ1n) is 10.6. The SMILES string of the molecule is Cc1cccc(C(=O)N2CCC(F)(F)C(Oc3ccc4ccccc4n3)C2)c1-n1nccn1. The Balaban J connectivity index is 1.42. The molecule has 1 aliphatic heterocycles. The van der Waals surface area contributed by atoms with Crippen LogP contribution in [0.1, 0.15) is 22.3 Å². The van der Waals surface area contributed by atoms with Crippen LogP contribution in [0.5, 0.6) is 5.88 Å². The quantitative estimate of drug-likeness (QED) is 0.470. The average molecular weight is 449 g/mol. The molecule has 3 heterocycles. The Bertz CT molecular complexity index is 1310. The van der Waals surface area contributed by atoms with Crippen LogP contribution in [0.15, 0.2) is 67.0 Å². The standard InChI is InChI=1S/C24H21F2N5O2/c1-16-5-4-7-18(22(16)31-27-12-13-28-31)23(32)30-14-11-24(25,26)20(15-30)33-21-10-9-17-6-2-3-8-19(17)29-21/h2-10,12-13,20H,11,14-15H2,1H3. The molecule has 1 saturated heterocycles. The Kier molecular flexibility index (Phi) is 5.24. The number of halogens is 2. The molecule has 168 valence electrons. The van der Waals surface area contributed by atoms with Gasteiger partial charge in [-0.1, -0.05) is 30.3 Å². The molecule has 0 radical (unpaired) electrons. The molecule has 0 aliphatic carbocycles. The molecule has 4 aromatic rings. The Morgan fingerprint density at radius 2 is 1.85 bits per heavy atom. The molecule has 5 rings (SSSR count). The predicted molar refractivity (Wildman–Crippen MR) is 118 cm³/mol. The second kappa shape index (κ2) is 8.23. The van der Waals surface area contributed by atoms with Crippen molar-refractivity contribution in [2.24, 2.45) is 0 Å². The van der Waals surface area contributed by atoms with Gasteiger partial charge in [0.2, 0.25) is 5.88 Å². The fourth-order valence-corrected chi connectivity index (χ4v) is 4.04. The number of carbonyl (C=O) groups is 1. The molecule has 0 bridgehead atoms. The van der Waals surface area contributed by atoms with E-state index in [2.05, 4.69) is 15.2 Å². The summed E-state index contributed by atoms with van der Waals surface area (Å²) in [6.07, 6.45) is 1.02. The van der Waals surface area contributed by atoms with Crippen LogP contribution in [0.4, 0.5) is 8.78 Å². The van der Waals surface area contributed by atoms with Gasteiger partial charge in [-0.25, -0.2) is 13.8 Å². The number of nitrogens with zero attached hydrogens (tertiary/aromatic N) is 5. The molecule has 1 atom stereocenters. The lowest BCUT2D eigenvalue weighted by Gasteiger charge is -2.38. The molecule has 1 fully saturated rings. The molecule has 0 spiro atoms. The van der Waals surface area contributed by atoms with Crippen LogP contribution in [0.25, 0.3) is 16.6 Å². The minimum Gasteiger partial charge on any atom is -0.466 e. The summed E-state index contributed by atoms with van der Waals surface area (Å²) in [4.78, 5) is 20.5. The van der Waals surface area contributed by atoms with Crippen LogP contribution in [-0.4, -0.2) is 55.9 Å². The molecular weight excluding hydrogens is 428 g/mol. The summed E-state index contributed by atoms with van der Waals surface area (Å²) in [5, 5.41) is 9.16. The number of amides is 1. The third kappa shape index (κ3) is 4.02. The van der Waals surface area contributed by atoms with Gasteiger partial charge in [-0.15, -0.1) is 0 Å². The van der Waals surface area contributed by atoms with Gasteiger partial charge >= 0.3 is 0 Å². The molecule has 1 unspecified atom stereocenters. The summed E-state index contributed by atoms with van der Waals surface area (Å²) < 4.78 is 35.2. The minimum absolute atomic E-state index is 0.0865. The highest BCUT2D eigenvalue weighted by molar-refractivity contribution is 5.98. The van der Waals surface area contributed by atoms with Crippen LogP contribution >= 0.6 is 0 Å². The van der Waals surface area contributed by atoms with Crippen LogP contribution in [0, 0.1) is 6.92 Å². The van der Waals surface area contributed by atoms with E-state index in [4.69, 9.17) is 4.74 Å². The first kappa shape index (κ1) is 21.0. The zero-order valence-electron chi connectivity index (χ0n) is 17.9. The van der Waals surface area contributed by atoms with Crippen molar-refractivity contribution in [3.05, 3.63) is 78.1 Å². The van der Waals surface area contributed by atoms with Crippen LogP contribution in [0.3, 0.4) is 0 Å². The Hall–Kier alpha value is -3.88. The lowest BCUT2D eigenvalue weighted by molar-refractivity contribution is -0.131. The summed E-state index contributed by atoms with van der Waals surface area (Å²) in [5.74, 6) is -3.37. The van der Waals surface area contributed by atoms with Crippen LogP contribution in [0.2, 0.25) is 0 Å². The highest BCUT2D eigenvalue weighted by Gasteiger charge is 2.47. The van der Waals surface area contributed by atoms with Gasteiger partial charge in [-0.05, 0) is 30.7 Å². The highest BCUT2D eigenvalue weighted by Crippen LogP contribution is 2.33. The van der Waals surface area contributed by atoms with Crippen molar-refractivity contribution in [1.82, 2.24) is 24.9 Å². The number of para-hydroxylation sites is 2. The zero-order chi connectivity index (χ0) is 23.0. The second-order valence-electron chi connectivity index (χ2n) is 8.00. The lowest BCUT2D eigenvalue weighted by atomic mass is 10.0. The number of likely N-dealkylation sites (tertiary alicyclic amines) is 1. The van der Waals surface area contributed by atoms with Crippen molar-refractivity contribution >= 4 is 16.8 Å². The van der Waals surface area contributed by atoms with Crippen molar-refractivity contribution in [3.63, 3.8) is 0 Å². The van der Waals surface area contributed by atoms with Gasteiger partial charge in [0.25, 0.3) is 11.8 Å². The second-order valence-corrected chi connectivity index (χ2v) is 8.00. The van der Waals surface area contributed by atoms with Crippen LogP contribution < -0.4 is 4.74 Å². The number of carbonyl (C=O) groups excluding carboxylic acids is 1. The van der Waals surface area contributed by atoms with Gasteiger partial charge in [0.05, 0.1) is 30.0 Å². The maximum Gasteiger partial charge on any atom is 0.287 e. The Labute approximate surface area is 188 Å². The number of alkyl halides is 2. The topological polar surface area (TPSA) is 73.1 Å². The lowest BCUT2D eigenvalue weighted by Crippen LogP contribution is -2.55. The highest BCUT2D eigenvalue weighted by atomic mass is 19.3. The summed E-state index contributed by atoms with van der Waals surface area (Å²) in [5.41, 5.74) is 2.32. The molecule has 1 amide bonds. The molecular formula is C24H21F2N5O2. The van der Waals surface area contributed by atoms with Crippen LogP contribution in [-0.2, 0) is 0 Å². The van der Waals surface area contributed by atoms with E-state index in [-0.39, 0.29) is 24.9 Å². The van der Waals surface area contributed by atoms with Gasteiger partial charge in [0.15, 0.2) is 6.10 Å². The smallest absolute Gasteiger partial charge is 0.287 e. The Morgan fingerprint density at radius 3 is 2.67 bits per heavy atom. The van der Waals surface area contributed by atoms with E-state index >= 15 is 0 Å². The summed E-state index contributed by atoms with van der Waals surface area (Å²) in [6.45, 7) is 1.49. The number of fused-ring (bicyclic) bond motifs is 1. The number of benzene rings is 2. The fraction of sp³-hybridized carbons (Fsp3) is 0.250. The maximum absolute atomic E-state index is 14.8. The molecule has 9 heteroatoms. The number of piperidine rings is 1. The third-order valence-electron chi connectivity index (χ3n) is 5.78. The number of pyridine rings is 1. The largest absolute Gasteiger partial charge is 0.466 e. The molecule has 0 saturated carbocycles. The first-order valence-corrected chi connectivity index (χ1v) is 10.6. The van der Waals surface area contributed by atoms with Crippen molar-refractivity contribution in [3.8, 4) is 11.6 Å². The molecule has 2 aromatic heterocycles. The number of hydrogen-bond acceptors (Lipinski definition) is 5. The summed E-state index contributed by atoms with van der Waals surface area (Å²) in [6, 6.07) is 16.0. The van der Waals surface area contributed by atoms with E-state index in [9.17, 15) is 13.6 Å². The Morgan fingerprint density at radius 1 is 1.06 bits per heavy atom. The van der Waals surface area contributed by atoms with Crippen molar-refractivity contribution in [2.45, 2.75) is 25.4 Å². The molecule has 33 heavy (non-hydrogen) atoms. The predicted octanol–water partition coefficient (Wildman–Crippen LogP) is 4.05. The van der Waals surface area contributed by atoms with Crippen molar-refractivity contribution in [2.75, 3.05) is 13.1 Å². The first-order chi connectivity index (χ1) is 15.9. The number of aryl methyl sites for hydroxylation is 1. The number of hydrogen-bond donors (Lipinski definition) is 0. The maximum atomic E-state index is 14.8. The normalized spacial score (nSPS) is 17.8. The number of aromatic nitrogens is 4. The monoisotopic (exact) mass is 449 g/mol. The number of ether oxygens (including phenoxy) is 1. The van der Waals surface area contributed by atoms with Gasteiger partial charge < -0.3 is 9.64 Å². The third-order valence-corrected chi connectivity index (χ3v) is 5.78. The van der Waals surface area contributed by atoms with Gasteiger partial charge in [-0.3, -0.25) is 4.79 Å². The molecule has 0 N–H and O–H groups in total. The van der Waals surface area contributed by atoms with E-state index in [1.807, 2.05) is 31.2 Å². The molecule has 2 aromatic carbocycles. The zero-order valence-corrected chi connectivity index (χ0v) is 17.9. The number of rotatable bonds is 4. The van der Waals surface area contributed by atoms with E-state index < -0.39 is 18.4 Å². The van der Waals surface area contributed by atoms with Crippen molar-refractivity contribution in [1.29, 1.82) is 0 Å². The van der Waals surface area contributed by atoms with E-state index in [1.165, 1.54) is 22.1 Å².